The molecule has 0 spiro atoms. The van der Waals surface area contributed by atoms with Crippen molar-refractivity contribution in [2.45, 2.75) is 11.2 Å². The molecule has 0 saturated heterocycles. The molecule has 0 amide bonds. The lowest BCUT2D eigenvalue weighted by molar-refractivity contribution is -0.777. The predicted octanol–water partition coefficient (Wildman–Crippen LogP) is 2.57. The summed E-state index contributed by atoms with van der Waals surface area (Å²) >= 11 is -1.17. The van der Waals surface area contributed by atoms with Gasteiger partial charge < -0.3 is 19.8 Å². The number of ether oxygens (including phenoxy) is 2. The minimum Gasteiger partial charge on any atom is -0.691 e. The molecule has 1 unspecified atom stereocenters. The first-order valence-corrected chi connectivity index (χ1v) is 7.85. The van der Waals surface area contributed by atoms with Crippen LogP contribution in [-0.4, -0.2) is 35.5 Å². The molecule has 0 aliphatic heterocycles. The summed E-state index contributed by atoms with van der Waals surface area (Å²) in [6.45, 7) is -1.09. The number of halogens is 4. The molecule has 0 radical (unpaired) electrons. The number of hydrogen-bond acceptors (Lipinski definition) is 8. The van der Waals surface area contributed by atoms with Gasteiger partial charge in [0.05, 0.1) is 12.0 Å². The van der Waals surface area contributed by atoms with Crippen LogP contribution in [0, 0.1) is 0 Å². The van der Waals surface area contributed by atoms with Gasteiger partial charge in [-0.25, -0.2) is 9.18 Å². The first-order chi connectivity index (χ1) is 12.7. The Hall–Kier alpha value is -2.28. The van der Waals surface area contributed by atoms with E-state index in [1.807, 2.05) is 0 Å². The molecule has 1 N–H and O–H groups in total. The van der Waals surface area contributed by atoms with Crippen molar-refractivity contribution in [2.24, 2.45) is 0 Å². The van der Waals surface area contributed by atoms with Crippen LogP contribution in [0.4, 0.5) is 17.6 Å². The Kier molecular flexibility index (Phi) is 6.70. The smallest absolute Gasteiger partial charge is 0.446 e. The van der Waals surface area contributed by atoms with Gasteiger partial charge in [0.1, 0.15) is 24.7 Å². The van der Waals surface area contributed by atoms with Crippen LogP contribution in [0.1, 0.15) is 0 Å². The molecule has 27 heavy (non-hydrogen) atoms. The number of carbonyl (C=O) groups is 1. The highest BCUT2D eigenvalue weighted by Crippen LogP contribution is 2.44. The third-order valence-electron chi connectivity index (χ3n) is 3.22. The van der Waals surface area contributed by atoms with Crippen LogP contribution < -0.4 is 9.99 Å². The van der Waals surface area contributed by atoms with Crippen molar-refractivity contribution in [3.8, 4) is 11.5 Å². The zero-order chi connectivity index (χ0) is 20.1. The van der Waals surface area contributed by atoms with Gasteiger partial charge in [-0.15, -0.1) is 0 Å². The average molecular weight is 411 g/mol. The maximum Gasteiger partial charge on any atom is 0.446 e. The van der Waals surface area contributed by atoms with Crippen LogP contribution in [0.25, 0.3) is 10.8 Å². The van der Waals surface area contributed by atoms with E-state index in [-0.39, 0.29) is 18.1 Å². The molecule has 7 nitrogen and oxygen atoms in total. The summed E-state index contributed by atoms with van der Waals surface area (Å²) in [5.41, 5.74) is 0. The summed E-state index contributed by atoms with van der Waals surface area (Å²) < 4.78 is 64.4. The molecular weight excluding hydrogens is 400 g/mol. The topological polar surface area (TPSA) is 97.3 Å². The van der Waals surface area contributed by atoms with E-state index in [4.69, 9.17) is 4.74 Å². The van der Waals surface area contributed by atoms with Crippen molar-refractivity contribution in [3.63, 3.8) is 0 Å². The van der Waals surface area contributed by atoms with E-state index < -0.39 is 35.8 Å². The normalized spacial score (nSPS) is 14.0. The van der Waals surface area contributed by atoms with E-state index >= 15 is 0 Å². The SMILES string of the molecule is O=C(OCCOc1ccc2c(O)cccc2c1)C(F)(SOO[O-])C(F)(F)F. The van der Waals surface area contributed by atoms with Crippen molar-refractivity contribution in [2.75, 3.05) is 13.2 Å². The largest absolute Gasteiger partial charge is 0.691 e. The fourth-order valence-electron chi connectivity index (χ4n) is 1.98. The Morgan fingerprint density at radius 1 is 1.15 bits per heavy atom. The van der Waals surface area contributed by atoms with Crippen LogP contribution in [0.5, 0.6) is 11.5 Å². The van der Waals surface area contributed by atoms with E-state index in [0.29, 0.717) is 10.8 Å². The van der Waals surface area contributed by atoms with Crippen molar-refractivity contribution < 1.29 is 51.6 Å². The van der Waals surface area contributed by atoms with E-state index in [1.165, 1.54) is 12.1 Å². The molecular formula is C15H11F4O7S-. The Balaban J connectivity index is 1.92. The minimum absolute atomic E-state index is 0.0567. The first kappa shape index (κ1) is 21.0. The van der Waals surface area contributed by atoms with Gasteiger partial charge in [-0.3, -0.25) is 5.04 Å². The summed E-state index contributed by atoms with van der Waals surface area (Å²) in [4.78, 5) is 11.4. The number of phenols is 1. The molecule has 0 aliphatic carbocycles. The maximum atomic E-state index is 13.8. The molecule has 0 bridgehead atoms. The highest BCUT2D eigenvalue weighted by molar-refractivity contribution is 7.96. The summed E-state index contributed by atoms with van der Waals surface area (Å²) in [6, 6.07) is 9.37. The van der Waals surface area contributed by atoms with Gasteiger partial charge >= 0.3 is 17.1 Å². The van der Waals surface area contributed by atoms with Crippen LogP contribution in [-0.2, 0) is 18.9 Å². The number of fused-ring (bicyclic) bond motifs is 1. The van der Waals surface area contributed by atoms with E-state index in [0.717, 1.165) is 0 Å². The van der Waals surface area contributed by atoms with Crippen molar-refractivity contribution in [3.05, 3.63) is 36.4 Å². The lowest BCUT2D eigenvalue weighted by Gasteiger charge is -2.23. The number of carbonyl (C=O) groups excluding carboxylic acids is 1. The Morgan fingerprint density at radius 2 is 1.89 bits per heavy atom. The lowest BCUT2D eigenvalue weighted by Crippen LogP contribution is -2.47. The van der Waals surface area contributed by atoms with Crippen LogP contribution >= 0.6 is 12.0 Å². The number of benzene rings is 2. The van der Waals surface area contributed by atoms with Crippen molar-refractivity contribution >= 4 is 28.8 Å². The standard InChI is InChI=1S/C15H12F4O7S/c16-14(15(17,18)19,27-26-25-22)13(21)24-7-6-23-10-4-5-11-9(8-10)2-1-3-12(11)20/h1-5,8,20,22H,6-7H2/p-1. The molecule has 148 valence electrons. The van der Waals surface area contributed by atoms with Gasteiger partial charge in [0.2, 0.25) is 0 Å². The molecule has 1 atom stereocenters. The van der Waals surface area contributed by atoms with Gasteiger partial charge in [0.25, 0.3) is 0 Å². The molecule has 0 aliphatic rings. The Labute approximate surface area is 153 Å². The average Bonchev–Trinajstić information content (AvgIpc) is 2.62. The summed E-state index contributed by atoms with van der Waals surface area (Å²) in [6.07, 6.45) is -5.71. The third-order valence-corrected chi connectivity index (χ3v) is 3.97. The van der Waals surface area contributed by atoms with Crippen molar-refractivity contribution in [1.29, 1.82) is 0 Å². The second-order valence-electron chi connectivity index (χ2n) is 4.96. The Bertz CT molecular complexity index is 801. The molecule has 0 aromatic heterocycles. The zero-order valence-electron chi connectivity index (χ0n) is 13.2. The van der Waals surface area contributed by atoms with E-state index in [9.17, 15) is 32.7 Å². The number of rotatable bonds is 8. The van der Waals surface area contributed by atoms with Gasteiger partial charge in [-0.2, -0.15) is 17.5 Å². The summed E-state index contributed by atoms with van der Waals surface area (Å²) in [7, 11) is 0. The second-order valence-corrected chi connectivity index (χ2v) is 5.82. The molecule has 2 aromatic carbocycles. The number of hydrogen-bond donors (Lipinski definition) is 1. The first-order valence-electron chi connectivity index (χ1n) is 7.11. The monoisotopic (exact) mass is 411 g/mol. The minimum atomic E-state index is -5.71. The zero-order valence-corrected chi connectivity index (χ0v) is 14.0. The number of aromatic hydroxyl groups is 1. The summed E-state index contributed by atoms with van der Waals surface area (Å²) in [5, 5.41) is 18.5. The van der Waals surface area contributed by atoms with Crippen molar-refractivity contribution in [1.82, 2.24) is 0 Å². The van der Waals surface area contributed by atoms with E-state index in [1.54, 1.807) is 24.3 Å². The highest BCUT2D eigenvalue weighted by atomic mass is 32.2. The summed E-state index contributed by atoms with van der Waals surface area (Å²) in [5.74, 6) is -1.99. The van der Waals surface area contributed by atoms with Gasteiger partial charge in [-0.1, -0.05) is 12.1 Å². The van der Waals surface area contributed by atoms with Crippen LogP contribution in [0.2, 0.25) is 0 Å². The number of phenolic OH excluding ortho intramolecular Hbond substituents is 1. The Morgan fingerprint density at radius 3 is 2.56 bits per heavy atom. The quantitative estimate of drug-likeness (QED) is 0.177. The van der Waals surface area contributed by atoms with Gasteiger partial charge in [0.15, 0.2) is 0 Å². The highest BCUT2D eigenvalue weighted by Gasteiger charge is 2.65. The number of alkyl halides is 4. The molecule has 2 rings (SSSR count). The molecule has 0 fully saturated rings. The fraction of sp³-hybridized carbons (Fsp3) is 0.267. The number of esters is 1. The molecule has 0 heterocycles. The van der Waals surface area contributed by atoms with Crippen LogP contribution in [0.15, 0.2) is 36.4 Å². The molecule has 12 heteroatoms. The third kappa shape index (κ3) is 4.91. The second kappa shape index (κ2) is 8.61. The maximum absolute atomic E-state index is 13.8. The molecule has 0 saturated carbocycles. The lowest BCUT2D eigenvalue weighted by atomic mass is 10.1. The fourth-order valence-corrected chi connectivity index (χ4v) is 2.32. The van der Waals surface area contributed by atoms with Crippen LogP contribution in [0.3, 0.4) is 0 Å². The predicted molar refractivity (Wildman–Crippen MR) is 81.7 cm³/mol. The molecule has 2 aromatic rings. The van der Waals surface area contributed by atoms with E-state index in [2.05, 4.69) is 14.1 Å². The van der Waals surface area contributed by atoms with Gasteiger partial charge in [0, 0.05) is 5.39 Å². The van der Waals surface area contributed by atoms with Gasteiger partial charge in [-0.05, 0) is 29.7 Å².